The van der Waals surface area contributed by atoms with Gasteiger partial charge in [-0.3, -0.25) is 0 Å². The zero-order chi connectivity index (χ0) is 14.8. The number of carbonyl (C=O) groups is 1. The number of morpholine rings is 1. The van der Waals surface area contributed by atoms with Crippen LogP contribution in [0.4, 0.5) is 4.79 Å². The van der Waals surface area contributed by atoms with Crippen LogP contribution in [0.3, 0.4) is 0 Å². The van der Waals surface area contributed by atoms with Crippen LogP contribution in [0.25, 0.3) is 0 Å². The lowest BCUT2D eigenvalue weighted by Crippen LogP contribution is -2.52. The van der Waals surface area contributed by atoms with Gasteiger partial charge in [0.2, 0.25) is 0 Å². The van der Waals surface area contributed by atoms with E-state index in [0.29, 0.717) is 19.0 Å². The molecule has 0 aromatic heterocycles. The van der Waals surface area contributed by atoms with E-state index in [2.05, 4.69) is 17.4 Å². The highest BCUT2D eigenvalue weighted by molar-refractivity contribution is 5.75. The first-order chi connectivity index (χ1) is 10.1. The Hall–Kier alpha value is -1.55. The standard InChI is InChI=1S/C17H24N2O2/c1-12-10-19(11-13(2)21-12)17(20)18-16(15-8-9-15)14-6-4-3-5-7-14/h3-7,12-13,15-16H,8-11H2,1-2H3,(H,18,20). The van der Waals surface area contributed by atoms with Crippen molar-refractivity contribution in [2.75, 3.05) is 13.1 Å². The van der Waals surface area contributed by atoms with Crippen LogP contribution in [0.15, 0.2) is 30.3 Å². The lowest BCUT2D eigenvalue weighted by molar-refractivity contribution is -0.0548. The van der Waals surface area contributed by atoms with Gasteiger partial charge in [0.15, 0.2) is 0 Å². The molecule has 1 heterocycles. The minimum Gasteiger partial charge on any atom is -0.372 e. The van der Waals surface area contributed by atoms with E-state index in [4.69, 9.17) is 4.74 Å². The normalized spacial score (nSPS) is 27.2. The maximum Gasteiger partial charge on any atom is 0.318 e. The van der Waals surface area contributed by atoms with Gasteiger partial charge in [-0.25, -0.2) is 4.79 Å². The molecule has 3 rings (SSSR count). The first kappa shape index (κ1) is 14.4. The summed E-state index contributed by atoms with van der Waals surface area (Å²) in [5.41, 5.74) is 1.21. The summed E-state index contributed by atoms with van der Waals surface area (Å²) in [7, 11) is 0. The van der Waals surface area contributed by atoms with E-state index in [0.717, 1.165) is 0 Å². The summed E-state index contributed by atoms with van der Waals surface area (Å²) in [6.45, 7) is 5.38. The molecule has 1 saturated carbocycles. The number of amides is 2. The predicted molar refractivity (Wildman–Crippen MR) is 82.0 cm³/mol. The molecule has 2 aliphatic rings. The Bertz CT molecular complexity index is 477. The van der Waals surface area contributed by atoms with Gasteiger partial charge in [-0.1, -0.05) is 30.3 Å². The molecule has 21 heavy (non-hydrogen) atoms. The molecule has 0 radical (unpaired) electrons. The molecular weight excluding hydrogens is 264 g/mol. The summed E-state index contributed by atoms with van der Waals surface area (Å²) in [5.74, 6) is 0.590. The van der Waals surface area contributed by atoms with E-state index in [-0.39, 0.29) is 24.3 Å². The highest BCUT2D eigenvalue weighted by atomic mass is 16.5. The van der Waals surface area contributed by atoms with Crippen LogP contribution in [0, 0.1) is 5.92 Å². The first-order valence-electron chi connectivity index (χ1n) is 7.89. The van der Waals surface area contributed by atoms with Crippen LogP contribution in [0.5, 0.6) is 0 Å². The number of nitrogens with one attached hydrogen (secondary N) is 1. The molecule has 1 aliphatic heterocycles. The fourth-order valence-corrected chi connectivity index (χ4v) is 3.13. The molecule has 3 atom stereocenters. The highest BCUT2D eigenvalue weighted by Gasteiger charge is 2.35. The number of benzene rings is 1. The summed E-state index contributed by atoms with van der Waals surface area (Å²) < 4.78 is 5.69. The number of carbonyl (C=O) groups excluding carboxylic acids is 1. The number of hydrogen-bond acceptors (Lipinski definition) is 2. The maximum atomic E-state index is 12.6. The number of hydrogen-bond donors (Lipinski definition) is 1. The molecule has 3 unspecified atom stereocenters. The second-order valence-electron chi connectivity index (χ2n) is 6.34. The van der Waals surface area contributed by atoms with Crippen LogP contribution in [-0.2, 0) is 4.74 Å². The average Bonchev–Trinajstić information content (AvgIpc) is 3.29. The molecule has 4 nitrogen and oxygen atoms in total. The second kappa shape index (κ2) is 6.06. The van der Waals surface area contributed by atoms with E-state index < -0.39 is 0 Å². The molecule has 1 saturated heterocycles. The highest BCUT2D eigenvalue weighted by Crippen LogP contribution is 2.41. The Kier molecular flexibility index (Phi) is 4.15. The molecule has 2 amide bonds. The number of ether oxygens (including phenoxy) is 1. The fraction of sp³-hybridized carbons (Fsp3) is 0.588. The summed E-state index contributed by atoms with van der Waals surface area (Å²) in [5, 5.41) is 3.24. The quantitative estimate of drug-likeness (QED) is 0.929. The molecule has 4 heteroatoms. The van der Waals surface area contributed by atoms with Crippen molar-refractivity contribution in [3.63, 3.8) is 0 Å². The van der Waals surface area contributed by atoms with Gasteiger partial charge in [-0.05, 0) is 38.2 Å². The van der Waals surface area contributed by atoms with Gasteiger partial charge >= 0.3 is 6.03 Å². The predicted octanol–water partition coefficient (Wildman–Crippen LogP) is 2.96. The molecule has 1 aromatic carbocycles. The Morgan fingerprint density at radius 1 is 1.19 bits per heavy atom. The topological polar surface area (TPSA) is 41.6 Å². The molecule has 0 bridgehead atoms. The smallest absolute Gasteiger partial charge is 0.318 e. The van der Waals surface area contributed by atoms with Crippen LogP contribution < -0.4 is 5.32 Å². The van der Waals surface area contributed by atoms with Crippen LogP contribution in [-0.4, -0.2) is 36.2 Å². The van der Waals surface area contributed by atoms with E-state index in [1.54, 1.807) is 0 Å². The van der Waals surface area contributed by atoms with Crippen molar-refractivity contribution in [2.45, 2.75) is 44.9 Å². The SMILES string of the molecule is CC1CN(C(=O)NC(c2ccccc2)C2CC2)CC(C)O1. The maximum absolute atomic E-state index is 12.6. The second-order valence-corrected chi connectivity index (χ2v) is 6.34. The van der Waals surface area contributed by atoms with Crippen LogP contribution >= 0.6 is 0 Å². The summed E-state index contributed by atoms with van der Waals surface area (Å²) in [4.78, 5) is 14.5. The Morgan fingerprint density at radius 3 is 2.38 bits per heavy atom. The van der Waals surface area contributed by atoms with Crippen molar-refractivity contribution in [1.82, 2.24) is 10.2 Å². The number of rotatable bonds is 3. The molecular formula is C17H24N2O2. The van der Waals surface area contributed by atoms with Gasteiger partial charge in [0.25, 0.3) is 0 Å². The van der Waals surface area contributed by atoms with Gasteiger partial charge in [0, 0.05) is 13.1 Å². The zero-order valence-corrected chi connectivity index (χ0v) is 12.8. The van der Waals surface area contributed by atoms with Crippen molar-refractivity contribution in [3.05, 3.63) is 35.9 Å². The number of nitrogens with zero attached hydrogens (tertiary/aromatic N) is 1. The zero-order valence-electron chi connectivity index (χ0n) is 12.8. The van der Waals surface area contributed by atoms with E-state index >= 15 is 0 Å². The monoisotopic (exact) mass is 288 g/mol. The molecule has 114 valence electrons. The van der Waals surface area contributed by atoms with Gasteiger partial charge in [-0.2, -0.15) is 0 Å². The lowest BCUT2D eigenvalue weighted by atomic mass is 10.0. The molecule has 1 N–H and O–H groups in total. The summed E-state index contributed by atoms with van der Waals surface area (Å²) in [6.07, 6.45) is 2.62. The third-order valence-corrected chi connectivity index (χ3v) is 4.24. The van der Waals surface area contributed by atoms with E-state index in [1.807, 2.05) is 36.9 Å². The molecule has 1 aromatic rings. The minimum atomic E-state index is 0.0396. The first-order valence-corrected chi connectivity index (χ1v) is 7.89. The van der Waals surface area contributed by atoms with Crippen molar-refractivity contribution >= 4 is 6.03 Å². The third kappa shape index (κ3) is 3.56. The number of urea groups is 1. The molecule has 2 fully saturated rings. The van der Waals surface area contributed by atoms with Gasteiger partial charge in [0.1, 0.15) is 0 Å². The average molecular weight is 288 g/mol. The van der Waals surface area contributed by atoms with Crippen LogP contribution in [0.1, 0.15) is 38.3 Å². The van der Waals surface area contributed by atoms with Crippen molar-refractivity contribution in [2.24, 2.45) is 5.92 Å². The van der Waals surface area contributed by atoms with Gasteiger partial charge in [-0.15, -0.1) is 0 Å². The largest absolute Gasteiger partial charge is 0.372 e. The Morgan fingerprint density at radius 2 is 1.81 bits per heavy atom. The Labute approximate surface area is 126 Å². The van der Waals surface area contributed by atoms with E-state index in [9.17, 15) is 4.79 Å². The molecule has 0 spiro atoms. The Balaban J connectivity index is 1.67. The summed E-state index contributed by atoms with van der Waals surface area (Å²) in [6, 6.07) is 10.5. The summed E-state index contributed by atoms with van der Waals surface area (Å²) >= 11 is 0. The van der Waals surface area contributed by atoms with Crippen molar-refractivity contribution in [1.29, 1.82) is 0 Å². The van der Waals surface area contributed by atoms with Gasteiger partial charge < -0.3 is 15.0 Å². The van der Waals surface area contributed by atoms with E-state index in [1.165, 1.54) is 18.4 Å². The minimum absolute atomic E-state index is 0.0396. The lowest BCUT2D eigenvalue weighted by Gasteiger charge is -2.36. The molecule has 1 aliphatic carbocycles. The van der Waals surface area contributed by atoms with Crippen molar-refractivity contribution in [3.8, 4) is 0 Å². The third-order valence-electron chi connectivity index (χ3n) is 4.24. The van der Waals surface area contributed by atoms with Gasteiger partial charge in [0.05, 0.1) is 18.2 Å². The fourth-order valence-electron chi connectivity index (χ4n) is 3.13. The van der Waals surface area contributed by atoms with Crippen molar-refractivity contribution < 1.29 is 9.53 Å². The van der Waals surface area contributed by atoms with Crippen LogP contribution in [0.2, 0.25) is 0 Å².